The summed E-state index contributed by atoms with van der Waals surface area (Å²) in [5, 5.41) is 9.65. The van der Waals surface area contributed by atoms with Gasteiger partial charge in [-0.2, -0.15) is 0 Å². The zero-order chi connectivity index (χ0) is 13.0. The Morgan fingerprint density at radius 2 is 2.06 bits per heavy atom. The summed E-state index contributed by atoms with van der Waals surface area (Å²) in [6.07, 6.45) is 1.87. The van der Waals surface area contributed by atoms with Crippen LogP contribution >= 0.6 is 0 Å². The predicted octanol–water partition coefficient (Wildman–Crippen LogP) is 1.81. The Morgan fingerprint density at radius 1 is 1.33 bits per heavy atom. The minimum atomic E-state index is -0.00532. The minimum Gasteiger partial charge on any atom is -0.465 e. The molecule has 1 aliphatic rings. The van der Waals surface area contributed by atoms with Gasteiger partial charge in [-0.3, -0.25) is 4.90 Å². The van der Waals surface area contributed by atoms with Crippen LogP contribution < -0.4 is 0 Å². The van der Waals surface area contributed by atoms with Gasteiger partial charge in [0, 0.05) is 25.2 Å². The molecule has 0 atom stereocenters. The maximum absolute atomic E-state index is 9.65. The lowest BCUT2D eigenvalue weighted by Crippen LogP contribution is -2.42. The van der Waals surface area contributed by atoms with Crippen LogP contribution in [0.15, 0.2) is 16.5 Å². The van der Waals surface area contributed by atoms with Crippen LogP contribution in [0.4, 0.5) is 0 Å². The first-order valence-electron chi connectivity index (χ1n) is 6.56. The van der Waals surface area contributed by atoms with Gasteiger partial charge in [-0.05, 0) is 38.9 Å². The monoisotopic (exact) mass is 253 g/mol. The molecule has 2 heterocycles. The molecule has 1 saturated heterocycles. The molecular weight excluding hydrogens is 230 g/mol. The molecule has 0 radical (unpaired) electrons. The van der Waals surface area contributed by atoms with Gasteiger partial charge in [-0.25, -0.2) is 0 Å². The molecule has 1 fully saturated rings. The summed E-state index contributed by atoms with van der Waals surface area (Å²) < 4.78 is 11.0. The number of furan rings is 1. The molecule has 0 unspecified atom stereocenters. The van der Waals surface area contributed by atoms with Crippen molar-refractivity contribution in [3.63, 3.8) is 0 Å². The molecular formula is C14H23NO3. The van der Waals surface area contributed by atoms with Gasteiger partial charge in [0.1, 0.15) is 11.5 Å². The van der Waals surface area contributed by atoms with Crippen molar-refractivity contribution in [3.8, 4) is 0 Å². The van der Waals surface area contributed by atoms with Crippen molar-refractivity contribution < 1.29 is 14.3 Å². The SMILES string of the molecule is Cc1ccc(CN(C)CC2(CO)CCOCC2)o1. The predicted molar refractivity (Wildman–Crippen MR) is 69.4 cm³/mol. The highest BCUT2D eigenvalue weighted by atomic mass is 16.5. The lowest BCUT2D eigenvalue weighted by atomic mass is 9.80. The summed E-state index contributed by atoms with van der Waals surface area (Å²) in [5.41, 5.74) is -0.00532. The number of rotatable bonds is 5. The van der Waals surface area contributed by atoms with Gasteiger partial charge in [0.05, 0.1) is 13.2 Å². The van der Waals surface area contributed by atoms with Crippen molar-refractivity contribution in [2.24, 2.45) is 5.41 Å². The van der Waals surface area contributed by atoms with Crippen molar-refractivity contribution in [2.75, 3.05) is 33.4 Å². The summed E-state index contributed by atoms with van der Waals surface area (Å²) in [6, 6.07) is 4.00. The first kappa shape index (κ1) is 13.6. The molecule has 4 heteroatoms. The Hall–Kier alpha value is -0.840. The zero-order valence-corrected chi connectivity index (χ0v) is 11.3. The average molecular weight is 253 g/mol. The second kappa shape index (κ2) is 5.87. The maximum Gasteiger partial charge on any atom is 0.118 e. The van der Waals surface area contributed by atoms with Crippen molar-refractivity contribution in [1.29, 1.82) is 0 Å². The van der Waals surface area contributed by atoms with Gasteiger partial charge >= 0.3 is 0 Å². The van der Waals surface area contributed by atoms with Crippen molar-refractivity contribution >= 4 is 0 Å². The van der Waals surface area contributed by atoms with E-state index in [2.05, 4.69) is 11.9 Å². The smallest absolute Gasteiger partial charge is 0.118 e. The minimum absolute atomic E-state index is 0.00532. The highest BCUT2D eigenvalue weighted by molar-refractivity contribution is 5.05. The molecule has 18 heavy (non-hydrogen) atoms. The third kappa shape index (κ3) is 3.34. The van der Waals surface area contributed by atoms with Gasteiger partial charge < -0.3 is 14.3 Å². The van der Waals surface area contributed by atoms with Gasteiger partial charge in [-0.1, -0.05) is 0 Å². The highest BCUT2D eigenvalue weighted by Gasteiger charge is 2.33. The van der Waals surface area contributed by atoms with Crippen LogP contribution in [0.1, 0.15) is 24.4 Å². The van der Waals surface area contributed by atoms with E-state index >= 15 is 0 Å². The first-order chi connectivity index (χ1) is 8.63. The molecule has 4 nitrogen and oxygen atoms in total. The van der Waals surface area contributed by atoms with Crippen LogP contribution in [-0.2, 0) is 11.3 Å². The molecule has 0 bridgehead atoms. The van der Waals surface area contributed by atoms with Crippen LogP contribution in [0.2, 0.25) is 0 Å². The average Bonchev–Trinajstić information content (AvgIpc) is 2.75. The van der Waals surface area contributed by atoms with Crippen molar-refractivity contribution in [2.45, 2.75) is 26.3 Å². The largest absolute Gasteiger partial charge is 0.465 e. The Morgan fingerprint density at radius 3 is 2.61 bits per heavy atom. The molecule has 1 N–H and O–H groups in total. The Kier molecular flexibility index (Phi) is 4.43. The Labute approximate surface area is 109 Å². The van der Waals surface area contributed by atoms with E-state index in [1.54, 1.807) is 0 Å². The summed E-state index contributed by atoms with van der Waals surface area (Å²) in [6.45, 7) is 5.38. The number of aliphatic hydroxyl groups is 1. The lowest BCUT2D eigenvalue weighted by Gasteiger charge is -2.38. The maximum atomic E-state index is 9.65. The van der Waals surface area contributed by atoms with Crippen LogP contribution in [0.3, 0.4) is 0 Å². The Bertz CT molecular complexity index is 369. The van der Waals surface area contributed by atoms with E-state index in [4.69, 9.17) is 9.15 Å². The van der Waals surface area contributed by atoms with E-state index in [9.17, 15) is 5.11 Å². The number of hydrogen-bond acceptors (Lipinski definition) is 4. The van der Waals surface area contributed by atoms with E-state index in [0.29, 0.717) is 0 Å². The van der Waals surface area contributed by atoms with E-state index < -0.39 is 0 Å². The Balaban J connectivity index is 1.90. The number of aryl methyl sites for hydroxylation is 1. The van der Waals surface area contributed by atoms with Crippen LogP contribution in [-0.4, -0.2) is 43.4 Å². The molecule has 1 aromatic rings. The molecule has 2 rings (SSSR count). The molecule has 1 aliphatic heterocycles. The highest BCUT2D eigenvalue weighted by Crippen LogP contribution is 2.31. The number of hydrogen-bond donors (Lipinski definition) is 1. The zero-order valence-electron chi connectivity index (χ0n) is 11.3. The summed E-state index contributed by atoms with van der Waals surface area (Å²) >= 11 is 0. The molecule has 0 saturated carbocycles. The van der Waals surface area contributed by atoms with E-state index in [1.807, 2.05) is 19.1 Å². The second-order valence-corrected chi connectivity index (χ2v) is 5.46. The summed E-state index contributed by atoms with van der Waals surface area (Å²) in [7, 11) is 2.07. The molecule has 102 valence electrons. The molecule has 1 aromatic heterocycles. The summed E-state index contributed by atoms with van der Waals surface area (Å²) in [5.74, 6) is 1.93. The van der Waals surface area contributed by atoms with Gasteiger partial charge in [0.2, 0.25) is 0 Å². The lowest BCUT2D eigenvalue weighted by molar-refractivity contribution is -0.0324. The fourth-order valence-electron chi connectivity index (χ4n) is 2.64. The quantitative estimate of drug-likeness (QED) is 0.869. The van der Waals surface area contributed by atoms with Gasteiger partial charge in [-0.15, -0.1) is 0 Å². The number of nitrogens with zero attached hydrogens (tertiary/aromatic N) is 1. The molecule has 0 aliphatic carbocycles. The third-order valence-corrected chi connectivity index (χ3v) is 3.72. The van der Waals surface area contributed by atoms with E-state index in [1.165, 1.54) is 0 Å². The van der Waals surface area contributed by atoms with Crippen molar-refractivity contribution in [3.05, 3.63) is 23.7 Å². The molecule has 0 spiro atoms. The molecule has 0 aromatic carbocycles. The second-order valence-electron chi connectivity index (χ2n) is 5.46. The van der Waals surface area contributed by atoms with Gasteiger partial charge in [0.15, 0.2) is 0 Å². The summed E-state index contributed by atoms with van der Waals surface area (Å²) in [4.78, 5) is 2.22. The topological polar surface area (TPSA) is 45.8 Å². The van der Waals surface area contributed by atoms with E-state index in [0.717, 1.165) is 50.7 Å². The van der Waals surface area contributed by atoms with Crippen LogP contribution in [0, 0.1) is 12.3 Å². The van der Waals surface area contributed by atoms with Crippen LogP contribution in [0.5, 0.6) is 0 Å². The fraction of sp³-hybridized carbons (Fsp3) is 0.714. The fourth-order valence-corrected chi connectivity index (χ4v) is 2.64. The van der Waals surface area contributed by atoms with Crippen LogP contribution in [0.25, 0.3) is 0 Å². The first-order valence-corrected chi connectivity index (χ1v) is 6.56. The van der Waals surface area contributed by atoms with Crippen molar-refractivity contribution in [1.82, 2.24) is 4.90 Å². The van der Waals surface area contributed by atoms with Gasteiger partial charge in [0.25, 0.3) is 0 Å². The van der Waals surface area contributed by atoms with E-state index in [-0.39, 0.29) is 12.0 Å². The normalized spacial score (nSPS) is 19.3. The number of aliphatic hydroxyl groups excluding tert-OH is 1. The number of ether oxygens (including phenoxy) is 1. The third-order valence-electron chi connectivity index (χ3n) is 3.72. The molecule has 0 amide bonds. The standard InChI is InChI=1S/C14H23NO3/c1-12-3-4-13(18-12)9-15(2)10-14(11-16)5-7-17-8-6-14/h3-4,16H,5-11H2,1-2H3.